The van der Waals surface area contributed by atoms with Crippen LogP contribution in [0.1, 0.15) is 12.5 Å². The molecule has 0 fully saturated rings. The van der Waals surface area contributed by atoms with Crippen LogP contribution in [-0.4, -0.2) is 31.0 Å². The van der Waals surface area contributed by atoms with E-state index in [9.17, 15) is 13.2 Å². The van der Waals surface area contributed by atoms with Gasteiger partial charge in [0.25, 0.3) is 0 Å². The Balaban J connectivity index is 2.59. The molecule has 0 unspecified atom stereocenters. The predicted octanol–water partition coefficient (Wildman–Crippen LogP) is 3.22. The molecule has 0 spiro atoms. The van der Waals surface area contributed by atoms with Gasteiger partial charge in [-0.05, 0) is 49.3 Å². The van der Waals surface area contributed by atoms with E-state index < -0.39 is 5.51 Å². The second-order valence-electron chi connectivity index (χ2n) is 3.90. The van der Waals surface area contributed by atoms with E-state index >= 15 is 0 Å². The van der Waals surface area contributed by atoms with Crippen molar-refractivity contribution in [3.8, 4) is 11.5 Å². The maximum Gasteiger partial charge on any atom is 0.441 e. The zero-order chi connectivity index (χ0) is 15.0. The second-order valence-corrected chi connectivity index (χ2v) is 5.06. The summed E-state index contributed by atoms with van der Waals surface area (Å²) in [7, 11) is 0. The topological polar surface area (TPSA) is 44.5 Å². The quantitative estimate of drug-likeness (QED) is 0.749. The molecule has 7 heteroatoms. The lowest BCUT2D eigenvalue weighted by Crippen LogP contribution is -2.08. The van der Waals surface area contributed by atoms with Gasteiger partial charge in [0, 0.05) is 5.75 Å². The van der Waals surface area contributed by atoms with Crippen LogP contribution in [0.25, 0.3) is 0 Å². The Hall–Kier alpha value is -1.08. The molecule has 0 atom stereocenters. The molecule has 0 aliphatic rings. The largest absolute Gasteiger partial charge is 0.490 e. The highest BCUT2D eigenvalue weighted by molar-refractivity contribution is 8.00. The van der Waals surface area contributed by atoms with Crippen LogP contribution in [0.2, 0.25) is 0 Å². The number of alkyl halides is 3. The normalized spacial score (nSPS) is 11.4. The summed E-state index contributed by atoms with van der Waals surface area (Å²) in [6.07, 6.45) is 0.713. The molecule has 0 saturated carbocycles. The van der Waals surface area contributed by atoms with E-state index in [0.29, 0.717) is 31.1 Å². The lowest BCUT2D eigenvalue weighted by Gasteiger charge is -2.13. The van der Waals surface area contributed by atoms with Gasteiger partial charge in [-0.15, -0.1) is 0 Å². The first-order valence-electron chi connectivity index (χ1n) is 6.25. The Labute approximate surface area is 120 Å². The highest BCUT2D eigenvalue weighted by Gasteiger charge is 2.27. The van der Waals surface area contributed by atoms with Gasteiger partial charge in [-0.1, -0.05) is 6.07 Å². The number of thioether (sulfide) groups is 1. The molecule has 0 aliphatic carbocycles. The van der Waals surface area contributed by atoms with Crippen molar-refractivity contribution in [2.45, 2.75) is 18.9 Å². The highest BCUT2D eigenvalue weighted by Crippen LogP contribution is 2.31. The minimum atomic E-state index is -4.23. The number of hydrogen-bond acceptors (Lipinski definition) is 4. The fraction of sp³-hybridized carbons (Fsp3) is 0.538. The van der Waals surface area contributed by atoms with Crippen LogP contribution in [0.4, 0.5) is 13.2 Å². The van der Waals surface area contributed by atoms with E-state index in [1.807, 2.05) is 19.1 Å². The maximum atomic E-state index is 12.0. The number of hydrogen-bond donors (Lipinski definition) is 1. The van der Waals surface area contributed by atoms with Gasteiger partial charge in [0.05, 0.1) is 13.2 Å². The number of nitrogens with two attached hydrogens (primary N) is 1. The molecule has 1 aromatic carbocycles. The molecule has 0 saturated heterocycles. The van der Waals surface area contributed by atoms with E-state index in [1.165, 1.54) is 0 Å². The first-order chi connectivity index (χ1) is 9.46. The number of rotatable bonds is 8. The lowest BCUT2D eigenvalue weighted by atomic mass is 10.1. The third-order valence-electron chi connectivity index (χ3n) is 2.35. The van der Waals surface area contributed by atoms with Gasteiger partial charge in [0.2, 0.25) is 0 Å². The first-order valence-corrected chi connectivity index (χ1v) is 7.24. The fourth-order valence-electron chi connectivity index (χ4n) is 1.57. The van der Waals surface area contributed by atoms with E-state index in [4.69, 9.17) is 15.2 Å². The molecule has 0 aromatic heterocycles. The number of ether oxygens (including phenoxy) is 2. The summed E-state index contributed by atoms with van der Waals surface area (Å²) in [5, 5.41) is 0. The van der Waals surface area contributed by atoms with Crippen molar-refractivity contribution in [3.05, 3.63) is 23.8 Å². The molecular formula is C13H18F3NO2S. The van der Waals surface area contributed by atoms with Crippen molar-refractivity contribution in [1.29, 1.82) is 0 Å². The molecule has 20 heavy (non-hydrogen) atoms. The Morgan fingerprint density at radius 1 is 1.20 bits per heavy atom. The number of halogens is 3. The van der Waals surface area contributed by atoms with Gasteiger partial charge in [-0.3, -0.25) is 0 Å². The molecule has 1 rings (SSSR count). The molecule has 0 heterocycles. The molecular weight excluding hydrogens is 291 g/mol. The lowest BCUT2D eigenvalue weighted by molar-refractivity contribution is -0.0329. The predicted molar refractivity (Wildman–Crippen MR) is 74.4 cm³/mol. The molecule has 0 amide bonds. The van der Waals surface area contributed by atoms with Crippen LogP contribution in [0.15, 0.2) is 18.2 Å². The summed E-state index contributed by atoms with van der Waals surface area (Å²) in [6.45, 7) is 2.78. The molecule has 2 N–H and O–H groups in total. The van der Waals surface area contributed by atoms with Gasteiger partial charge in [0.1, 0.15) is 0 Å². The van der Waals surface area contributed by atoms with Gasteiger partial charge in [-0.25, -0.2) is 0 Å². The molecule has 1 aromatic rings. The Bertz CT molecular complexity index is 413. The minimum absolute atomic E-state index is 0.0273. The Morgan fingerprint density at radius 2 is 1.95 bits per heavy atom. The standard InChI is InChI=1S/C13H18F3NO2S/c1-2-18-12-9-10(5-6-17)3-4-11(12)19-7-8-20-13(14,15)16/h3-4,9H,2,5-8,17H2,1H3. The maximum absolute atomic E-state index is 12.0. The van der Waals surface area contributed by atoms with Crippen LogP contribution in [0.3, 0.4) is 0 Å². The van der Waals surface area contributed by atoms with Gasteiger partial charge < -0.3 is 15.2 Å². The van der Waals surface area contributed by atoms with Crippen LogP contribution >= 0.6 is 11.8 Å². The molecule has 3 nitrogen and oxygen atoms in total. The van der Waals surface area contributed by atoms with E-state index in [2.05, 4.69) is 0 Å². The summed E-state index contributed by atoms with van der Waals surface area (Å²) in [6, 6.07) is 5.35. The van der Waals surface area contributed by atoms with Crippen LogP contribution < -0.4 is 15.2 Å². The monoisotopic (exact) mass is 309 g/mol. The summed E-state index contributed by atoms with van der Waals surface area (Å²) in [5.41, 5.74) is 2.26. The van der Waals surface area contributed by atoms with Gasteiger partial charge >= 0.3 is 5.51 Å². The fourth-order valence-corrected chi connectivity index (χ4v) is 1.97. The molecule has 0 aliphatic heterocycles. The SMILES string of the molecule is CCOc1cc(CCN)ccc1OCCSC(F)(F)F. The van der Waals surface area contributed by atoms with E-state index in [-0.39, 0.29) is 24.1 Å². The average molecular weight is 309 g/mol. The van der Waals surface area contributed by atoms with Gasteiger partial charge in [0.15, 0.2) is 11.5 Å². The van der Waals surface area contributed by atoms with E-state index in [1.54, 1.807) is 6.07 Å². The molecule has 114 valence electrons. The third-order valence-corrected chi connectivity index (χ3v) is 3.05. The van der Waals surface area contributed by atoms with Crippen molar-refractivity contribution in [2.75, 3.05) is 25.5 Å². The van der Waals surface area contributed by atoms with Crippen LogP contribution in [-0.2, 0) is 6.42 Å². The average Bonchev–Trinajstić information content (AvgIpc) is 2.36. The van der Waals surface area contributed by atoms with Crippen molar-refractivity contribution in [2.24, 2.45) is 5.73 Å². The van der Waals surface area contributed by atoms with E-state index in [0.717, 1.165) is 5.56 Å². The minimum Gasteiger partial charge on any atom is -0.490 e. The van der Waals surface area contributed by atoms with Crippen LogP contribution in [0, 0.1) is 0 Å². The Kier molecular flexibility index (Phi) is 7.01. The van der Waals surface area contributed by atoms with Crippen LogP contribution in [0.5, 0.6) is 11.5 Å². The van der Waals surface area contributed by atoms with Crippen molar-refractivity contribution >= 4 is 11.8 Å². The highest BCUT2D eigenvalue weighted by atomic mass is 32.2. The first kappa shape index (κ1) is 17.0. The zero-order valence-electron chi connectivity index (χ0n) is 11.2. The van der Waals surface area contributed by atoms with Crippen molar-refractivity contribution in [1.82, 2.24) is 0 Å². The van der Waals surface area contributed by atoms with Gasteiger partial charge in [-0.2, -0.15) is 13.2 Å². The number of benzene rings is 1. The summed E-state index contributed by atoms with van der Waals surface area (Å²) in [4.78, 5) is 0. The van der Waals surface area contributed by atoms with Crippen molar-refractivity contribution < 1.29 is 22.6 Å². The summed E-state index contributed by atoms with van der Waals surface area (Å²) in [5.74, 6) is 0.838. The Morgan fingerprint density at radius 3 is 2.55 bits per heavy atom. The zero-order valence-corrected chi connectivity index (χ0v) is 12.0. The smallest absolute Gasteiger partial charge is 0.441 e. The summed E-state index contributed by atoms with van der Waals surface area (Å²) >= 11 is -0.0990. The second kappa shape index (κ2) is 8.26. The molecule has 0 bridgehead atoms. The third kappa shape index (κ3) is 6.38. The van der Waals surface area contributed by atoms with Crippen molar-refractivity contribution in [3.63, 3.8) is 0 Å². The molecule has 0 radical (unpaired) electrons. The summed E-state index contributed by atoms with van der Waals surface area (Å²) < 4.78 is 46.7.